The molecule has 0 saturated carbocycles. The second kappa shape index (κ2) is 8.89. The molecule has 0 spiro atoms. The summed E-state index contributed by atoms with van der Waals surface area (Å²) in [4.78, 5) is 43.5. The van der Waals surface area contributed by atoms with Gasteiger partial charge in [0.2, 0.25) is 5.91 Å². The fourth-order valence-electron chi connectivity index (χ4n) is 3.10. The minimum Gasteiger partial charge on any atom is -0.322 e. The van der Waals surface area contributed by atoms with E-state index in [-0.39, 0.29) is 21.1 Å². The lowest BCUT2D eigenvalue weighted by atomic mass is 10.2. The van der Waals surface area contributed by atoms with E-state index in [1.54, 1.807) is 30.5 Å². The molecule has 0 bridgehead atoms. The van der Waals surface area contributed by atoms with E-state index in [0.717, 1.165) is 26.0 Å². The van der Waals surface area contributed by atoms with Gasteiger partial charge in [0.25, 0.3) is 5.56 Å². The van der Waals surface area contributed by atoms with E-state index >= 15 is 0 Å². The fraction of sp³-hybridized carbons (Fsp3) is 0.143. The summed E-state index contributed by atoms with van der Waals surface area (Å²) in [5.74, 6) is -1.44. The number of thiazole rings is 1. The molecule has 0 aliphatic rings. The highest BCUT2D eigenvalue weighted by Gasteiger charge is 2.21. The van der Waals surface area contributed by atoms with E-state index in [1.807, 2.05) is 6.92 Å². The van der Waals surface area contributed by atoms with Crippen molar-refractivity contribution in [2.24, 2.45) is 0 Å². The molecule has 4 rings (SSSR count). The molecule has 2 aromatic carbocycles. The van der Waals surface area contributed by atoms with Crippen LogP contribution in [0.3, 0.4) is 0 Å². The summed E-state index contributed by atoms with van der Waals surface area (Å²) in [7, 11) is 0. The van der Waals surface area contributed by atoms with Crippen molar-refractivity contribution < 1.29 is 9.18 Å². The monoisotopic (exact) mass is 490 g/mol. The maximum absolute atomic E-state index is 14.2. The molecule has 11 heteroatoms. The molecule has 0 atom stereocenters. The highest BCUT2D eigenvalue weighted by atomic mass is 35.5. The number of aryl methyl sites for hydroxylation is 1. The standard InChI is InChI=1S/C21H16ClFN4O3S2/c1-11-6-8-12(9-7-11)27-19(29)17-18(25-20(31-2)32-17)26(21(27)30)10-15(28)24-14-5-3-4-13(22)16(14)23/h3-9H,10H2,1-2H3,(H,24,28). The molecular weight excluding hydrogens is 475 g/mol. The summed E-state index contributed by atoms with van der Waals surface area (Å²) in [6.07, 6.45) is 1.80. The number of hydrogen-bond acceptors (Lipinski definition) is 6. The van der Waals surface area contributed by atoms with Gasteiger partial charge in [0.1, 0.15) is 11.2 Å². The van der Waals surface area contributed by atoms with E-state index in [2.05, 4.69) is 10.3 Å². The molecule has 0 fully saturated rings. The maximum atomic E-state index is 14.2. The average molecular weight is 491 g/mol. The number of benzene rings is 2. The Morgan fingerprint density at radius 3 is 2.62 bits per heavy atom. The van der Waals surface area contributed by atoms with E-state index in [4.69, 9.17) is 11.6 Å². The Morgan fingerprint density at radius 1 is 1.22 bits per heavy atom. The van der Waals surface area contributed by atoms with Crippen LogP contribution in [0.2, 0.25) is 5.02 Å². The van der Waals surface area contributed by atoms with Gasteiger partial charge in [-0.15, -0.1) is 11.3 Å². The molecule has 164 valence electrons. The van der Waals surface area contributed by atoms with E-state index < -0.39 is 29.5 Å². The molecule has 32 heavy (non-hydrogen) atoms. The summed E-state index contributed by atoms with van der Waals surface area (Å²) >= 11 is 8.24. The highest BCUT2D eigenvalue weighted by Crippen LogP contribution is 2.26. The third-order valence-corrected chi connectivity index (χ3v) is 6.97. The normalized spacial score (nSPS) is 11.1. The van der Waals surface area contributed by atoms with Crippen molar-refractivity contribution in [1.82, 2.24) is 14.1 Å². The van der Waals surface area contributed by atoms with Gasteiger partial charge in [0, 0.05) is 0 Å². The Hall–Kier alpha value is -2.95. The third-order valence-electron chi connectivity index (χ3n) is 4.66. The summed E-state index contributed by atoms with van der Waals surface area (Å²) in [5.41, 5.74) is 0.117. The highest BCUT2D eigenvalue weighted by molar-refractivity contribution is 8.00. The second-order valence-corrected chi connectivity index (χ2v) is 9.29. The third kappa shape index (κ3) is 4.08. The molecule has 0 aliphatic carbocycles. The number of fused-ring (bicyclic) bond motifs is 1. The van der Waals surface area contributed by atoms with Crippen LogP contribution in [0.5, 0.6) is 0 Å². The molecule has 0 radical (unpaired) electrons. The van der Waals surface area contributed by atoms with E-state index in [1.165, 1.54) is 30.0 Å². The zero-order valence-electron chi connectivity index (χ0n) is 16.9. The Balaban J connectivity index is 1.84. The minimum absolute atomic E-state index is 0.110. The zero-order valence-corrected chi connectivity index (χ0v) is 19.3. The second-order valence-electron chi connectivity index (χ2n) is 6.83. The van der Waals surface area contributed by atoms with Gasteiger partial charge in [0.05, 0.1) is 16.4 Å². The van der Waals surface area contributed by atoms with E-state index in [0.29, 0.717) is 10.0 Å². The largest absolute Gasteiger partial charge is 0.337 e. The number of anilines is 1. The number of rotatable bonds is 5. The molecule has 2 heterocycles. The van der Waals surface area contributed by atoms with Crippen LogP contribution in [0.25, 0.3) is 16.0 Å². The molecule has 2 aromatic heterocycles. The van der Waals surface area contributed by atoms with Gasteiger partial charge < -0.3 is 5.32 Å². The van der Waals surface area contributed by atoms with Crippen LogP contribution >= 0.6 is 34.7 Å². The number of aromatic nitrogens is 3. The number of carbonyl (C=O) groups is 1. The lowest BCUT2D eigenvalue weighted by molar-refractivity contribution is -0.116. The Morgan fingerprint density at radius 2 is 1.94 bits per heavy atom. The number of nitrogens with zero attached hydrogens (tertiary/aromatic N) is 3. The van der Waals surface area contributed by atoms with Crippen LogP contribution in [0, 0.1) is 12.7 Å². The minimum atomic E-state index is -0.775. The molecular formula is C21H16ClFN4O3S2. The van der Waals surface area contributed by atoms with Crippen molar-refractivity contribution in [3.8, 4) is 5.69 Å². The Labute approximate surface area is 194 Å². The molecule has 1 amide bonds. The molecule has 1 N–H and O–H groups in total. The fourth-order valence-corrected chi connectivity index (χ4v) is 4.77. The van der Waals surface area contributed by atoms with E-state index in [9.17, 15) is 18.8 Å². The lowest BCUT2D eigenvalue weighted by Gasteiger charge is -2.12. The summed E-state index contributed by atoms with van der Waals surface area (Å²) in [5, 5.41) is 2.28. The first-order valence-corrected chi connectivity index (χ1v) is 11.7. The van der Waals surface area contributed by atoms with Crippen molar-refractivity contribution in [3.63, 3.8) is 0 Å². The summed E-state index contributed by atoms with van der Waals surface area (Å²) < 4.78 is 17.1. The van der Waals surface area contributed by atoms with Gasteiger partial charge in [-0.3, -0.25) is 14.2 Å². The Bertz CT molecular complexity index is 1460. The van der Waals surface area contributed by atoms with Gasteiger partial charge in [-0.2, -0.15) is 0 Å². The van der Waals surface area contributed by atoms with Crippen LogP contribution in [0.15, 0.2) is 56.4 Å². The number of thioether (sulfide) groups is 1. The first-order chi connectivity index (χ1) is 15.3. The zero-order chi connectivity index (χ0) is 23.0. The molecule has 7 nitrogen and oxygen atoms in total. The van der Waals surface area contributed by atoms with Crippen molar-refractivity contribution in [2.45, 2.75) is 17.8 Å². The van der Waals surface area contributed by atoms with Crippen molar-refractivity contribution in [1.29, 1.82) is 0 Å². The molecule has 4 aromatic rings. The molecule has 0 saturated heterocycles. The van der Waals surface area contributed by atoms with Crippen LogP contribution in [0.4, 0.5) is 10.1 Å². The SMILES string of the molecule is CSc1nc2c(s1)c(=O)n(-c1ccc(C)cc1)c(=O)n2CC(=O)Nc1cccc(Cl)c1F. The predicted molar refractivity (Wildman–Crippen MR) is 126 cm³/mol. The molecule has 0 unspecified atom stereocenters. The quantitative estimate of drug-likeness (QED) is 0.426. The Kier molecular flexibility index (Phi) is 6.18. The van der Waals surface area contributed by atoms with Crippen LogP contribution < -0.4 is 16.6 Å². The van der Waals surface area contributed by atoms with Crippen molar-refractivity contribution >= 4 is 56.6 Å². The van der Waals surface area contributed by atoms with Crippen molar-refractivity contribution in [2.75, 3.05) is 11.6 Å². The lowest BCUT2D eigenvalue weighted by Crippen LogP contribution is -2.40. The van der Waals surface area contributed by atoms with Crippen LogP contribution in [-0.2, 0) is 11.3 Å². The smallest absolute Gasteiger partial charge is 0.322 e. The number of nitrogens with one attached hydrogen (secondary N) is 1. The predicted octanol–water partition coefficient (Wildman–Crippen LogP) is 4.07. The number of amides is 1. The first-order valence-electron chi connectivity index (χ1n) is 9.31. The maximum Gasteiger partial charge on any atom is 0.337 e. The first kappa shape index (κ1) is 22.3. The summed E-state index contributed by atoms with van der Waals surface area (Å²) in [6, 6.07) is 11.1. The summed E-state index contributed by atoms with van der Waals surface area (Å²) in [6.45, 7) is 1.42. The van der Waals surface area contributed by atoms with Gasteiger partial charge in [-0.25, -0.2) is 18.7 Å². The number of halogens is 2. The number of hydrogen-bond donors (Lipinski definition) is 1. The topological polar surface area (TPSA) is 86.0 Å². The number of carbonyl (C=O) groups excluding carboxylic acids is 1. The van der Waals surface area contributed by atoms with Gasteiger partial charge >= 0.3 is 5.69 Å². The van der Waals surface area contributed by atoms with Gasteiger partial charge in [-0.05, 0) is 37.4 Å². The van der Waals surface area contributed by atoms with Gasteiger partial charge in [0.15, 0.2) is 15.8 Å². The molecule has 0 aliphatic heterocycles. The van der Waals surface area contributed by atoms with Crippen LogP contribution in [-0.4, -0.2) is 26.3 Å². The average Bonchev–Trinajstić information content (AvgIpc) is 3.21. The van der Waals surface area contributed by atoms with Crippen molar-refractivity contribution in [3.05, 3.63) is 79.7 Å². The van der Waals surface area contributed by atoms with Gasteiger partial charge in [-0.1, -0.05) is 47.1 Å². The van der Waals surface area contributed by atoms with Crippen LogP contribution in [0.1, 0.15) is 5.56 Å².